The molecule has 1 amide bonds. The molecular formula is C15H15F2N3O2S. The lowest BCUT2D eigenvalue weighted by atomic mass is 10.1. The Morgan fingerprint density at radius 3 is 2.57 bits per heavy atom. The van der Waals surface area contributed by atoms with Gasteiger partial charge in [-0.1, -0.05) is 11.8 Å². The van der Waals surface area contributed by atoms with Crippen molar-refractivity contribution in [1.29, 1.82) is 0 Å². The highest BCUT2D eigenvalue weighted by Gasteiger charge is 2.11. The zero-order chi connectivity index (χ0) is 17.0. The van der Waals surface area contributed by atoms with Crippen LogP contribution < -0.4 is 10.9 Å². The minimum absolute atomic E-state index is 0.0664. The molecule has 1 heterocycles. The van der Waals surface area contributed by atoms with Crippen LogP contribution in [0.5, 0.6) is 0 Å². The molecule has 0 spiro atoms. The highest BCUT2D eigenvalue weighted by Crippen LogP contribution is 2.25. The number of aromatic nitrogens is 2. The Kier molecular flexibility index (Phi) is 5.49. The lowest BCUT2D eigenvalue weighted by Crippen LogP contribution is -2.28. The highest BCUT2D eigenvalue weighted by molar-refractivity contribution is 7.99. The fraction of sp³-hybridized carbons (Fsp3) is 0.267. The van der Waals surface area contributed by atoms with Crippen molar-refractivity contribution in [3.63, 3.8) is 0 Å². The van der Waals surface area contributed by atoms with Crippen LogP contribution in [0.2, 0.25) is 0 Å². The summed E-state index contributed by atoms with van der Waals surface area (Å²) in [6, 6.07) is 5.85. The van der Waals surface area contributed by atoms with Crippen LogP contribution in [0, 0.1) is 13.8 Å². The molecule has 0 aliphatic heterocycles. The number of carbonyl (C=O) groups excluding carboxylic acids is 1. The van der Waals surface area contributed by atoms with Crippen molar-refractivity contribution >= 4 is 17.7 Å². The van der Waals surface area contributed by atoms with E-state index < -0.39 is 5.76 Å². The third-order valence-corrected chi connectivity index (χ3v) is 4.08. The molecule has 2 aromatic rings. The predicted octanol–water partition coefficient (Wildman–Crippen LogP) is 2.63. The summed E-state index contributed by atoms with van der Waals surface area (Å²) < 4.78 is 24.5. The van der Waals surface area contributed by atoms with Crippen molar-refractivity contribution in [1.82, 2.24) is 15.5 Å². The van der Waals surface area contributed by atoms with Crippen LogP contribution in [-0.2, 0) is 6.54 Å². The summed E-state index contributed by atoms with van der Waals surface area (Å²) in [6.45, 7) is 3.59. The number of carbonyl (C=O) groups is 1. The van der Waals surface area contributed by atoms with Crippen molar-refractivity contribution < 1.29 is 13.6 Å². The number of thioether (sulfide) groups is 1. The van der Waals surface area contributed by atoms with E-state index in [-0.39, 0.29) is 18.0 Å². The number of H-pyrrole nitrogens is 1. The maximum atomic E-state index is 12.2. The summed E-state index contributed by atoms with van der Waals surface area (Å²) in [7, 11) is 0. The Morgan fingerprint density at radius 1 is 1.30 bits per heavy atom. The molecule has 5 nitrogen and oxygen atoms in total. The minimum atomic E-state index is -2.50. The molecular weight excluding hydrogens is 324 g/mol. The molecule has 1 aromatic carbocycles. The second-order valence-corrected chi connectivity index (χ2v) is 5.89. The largest absolute Gasteiger partial charge is 0.348 e. The average molecular weight is 339 g/mol. The number of nitrogens with zero attached hydrogens (tertiary/aromatic N) is 1. The standard InChI is InChI=1S/C15H15F2N3O2S/c1-8-9(2)19-20-14(22)12(8)7-18-13(21)10-3-5-11(6-4-10)23-15(16)17/h3-6,15H,7H2,1-2H3,(H,18,21)(H,20,22). The fourth-order valence-corrected chi connectivity index (χ4v) is 2.44. The van der Waals surface area contributed by atoms with E-state index in [4.69, 9.17) is 0 Å². The van der Waals surface area contributed by atoms with Gasteiger partial charge in [0.15, 0.2) is 0 Å². The highest BCUT2D eigenvalue weighted by atomic mass is 32.2. The summed E-state index contributed by atoms with van der Waals surface area (Å²) in [5.41, 5.74) is 1.83. The van der Waals surface area contributed by atoms with Gasteiger partial charge in [0.25, 0.3) is 17.2 Å². The maximum absolute atomic E-state index is 12.2. The van der Waals surface area contributed by atoms with Gasteiger partial charge < -0.3 is 5.32 Å². The molecule has 23 heavy (non-hydrogen) atoms. The van der Waals surface area contributed by atoms with Crippen LogP contribution in [0.4, 0.5) is 8.78 Å². The fourth-order valence-electron chi connectivity index (χ4n) is 1.95. The Hall–Kier alpha value is -2.22. The van der Waals surface area contributed by atoms with E-state index >= 15 is 0 Å². The summed E-state index contributed by atoms with van der Waals surface area (Å²) in [6.07, 6.45) is 0. The van der Waals surface area contributed by atoms with Crippen LogP contribution in [-0.4, -0.2) is 21.9 Å². The van der Waals surface area contributed by atoms with Gasteiger partial charge >= 0.3 is 0 Å². The SMILES string of the molecule is Cc1n[nH]c(=O)c(CNC(=O)c2ccc(SC(F)F)cc2)c1C. The van der Waals surface area contributed by atoms with E-state index in [1.165, 1.54) is 24.3 Å². The smallest absolute Gasteiger partial charge is 0.288 e. The first-order valence-electron chi connectivity index (χ1n) is 6.76. The molecule has 0 atom stereocenters. The molecule has 122 valence electrons. The lowest BCUT2D eigenvalue weighted by Gasteiger charge is -2.09. The van der Waals surface area contributed by atoms with Crippen LogP contribution in [0.1, 0.15) is 27.2 Å². The van der Waals surface area contributed by atoms with E-state index in [1.54, 1.807) is 13.8 Å². The number of alkyl halides is 2. The summed E-state index contributed by atoms with van der Waals surface area (Å²) in [4.78, 5) is 24.2. The number of amides is 1. The number of aryl methyl sites for hydroxylation is 1. The third-order valence-electron chi connectivity index (χ3n) is 3.36. The Labute approximate surface area is 135 Å². The summed E-state index contributed by atoms with van der Waals surface area (Å²) in [5.74, 6) is -2.88. The number of nitrogens with one attached hydrogen (secondary N) is 2. The van der Waals surface area contributed by atoms with E-state index in [0.717, 1.165) is 5.56 Å². The van der Waals surface area contributed by atoms with Gasteiger partial charge in [0.2, 0.25) is 0 Å². The van der Waals surface area contributed by atoms with Crippen molar-refractivity contribution in [2.75, 3.05) is 0 Å². The van der Waals surface area contributed by atoms with E-state index in [9.17, 15) is 18.4 Å². The molecule has 2 rings (SSSR count). The zero-order valence-corrected chi connectivity index (χ0v) is 13.3. The molecule has 0 aliphatic carbocycles. The van der Waals surface area contributed by atoms with Crippen molar-refractivity contribution in [3.05, 3.63) is 57.0 Å². The maximum Gasteiger partial charge on any atom is 0.288 e. The predicted molar refractivity (Wildman–Crippen MR) is 83.8 cm³/mol. The zero-order valence-electron chi connectivity index (χ0n) is 12.5. The molecule has 0 saturated heterocycles. The molecule has 0 bridgehead atoms. The van der Waals surface area contributed by atoms with Crippen LogP contribution in [0.15, 0.2) is 34.0 Å². The van der Waals surface area contributed by atoms with Crippen LogP contribution in [0.3, 0.4) is 0 Å². The number of benzene rings is 1. The average Bonchev–Trinajstić information content (AvgIpc) is 2.51. The Bertz CT molecular complexity index is 760. The van der Waals surface area contributed by atoms with Crippen LogP contribution in [0.25, 0.3) is 0 Å². The van der Waals surface area contributed by atoms with Gasteiger partial charge in [-0.3, -0.25) is 9.59 Å². The van der Waals surface area contributed by atoms with Gasteiger partial charge in [0.05, 0.1) is 5.69 Å². The molecule has 0 fully saturated rings. The van der Waals surface area contributed by atoms with Gasteiger partial charge in [-0.05, 0) is 43.7 Å². The molecule has 0 aliphatic rings. The molecule has 2 N–H and O–H groups in total. The molecule has 1 aromatic heterocycles. The number of hydrogen-bond acceptors (Lipinski definition) is 4. The van der Waals surface area contributed by atoms with Crippen molar-refractivity contribution in [2.45, 2.75) is 31.0 Å². The topological polar surface area (TPSA) is 74.8 Å². The van der Waals surface area contributed by atoms with E-state index in [2.05, 4.69) is 15.5 Å². The van der Waals surface area contributed by atoms with Gasteiger partial charge in [-0.25, -0.2) is 5.10 Å². The Morgan fingerprint density at radius 2 is 1.96 bits per heavy atom. The molecule has 0 radical (unpaired) electrons. The molecule has 0 unspecified atom stereocenters. The van der Waals surface area contributed by atoms with E-state index in [0.29, 0.717) is 33.5 Å². The van der Waals surface area contributed by atoms with Crippen molar-refractivity contribution in [2.24, 2.45) is 0 Å². The Balaban J connectivity index is 2.06. The minimum Gasteiger partial charge on any atom is -0.348 e. The quantitative estimate of drug-likeness (QED) is 0.821. The third kappa shape index (κ3) is 4.38. The normalized spacial score (nSPS) is 10.8. The molecule has 0 saturated carbocycles. The number of hydrogen-bond donors (Lipinski definition) is 2. The van der Waals surface area contributed by atoms with Gasteiger partial charge in [-0.15, -0.1) is 0 Å². The first kappa shape index (κ1) is 17.1. The van der Waals surface area contributed by atoms with E-state index in [1.807, 2.05) is 0 Å². The second kappa shape index (κ2) is 7.36. The number of halogens is 2. The summed E-state index contributed by atoms with van der Waals surface area (Å²) >= 11 is 0.417. The van der Waals surface area contributed by atoms with Gasteiger partial charge in [0, 0.05) is 22.6 Å². The number of aromatic amines is 1. The summed E-state index contributed by atoms with van der Waals surface area (Å²) in [5, 5.41) is 8.85. The second-order valence-electron chi connectivity index (χ2n) is 4.83. The molecule has 8 heteroatoms. The van der Waals surface area contributed by atoms with Gasteiger partial charge in [0.1, 0.15) is 0 Å². The monoisotopic (exact) mass is 339 g/mol. The first-order valence-corrected chi connectivity index (χ1v) is 7.64. The lowest BCUT2D eigenvalue weighted by molar-refractivity contribution is 0.0950. The van der Waals surface area contributed by atoms with Crippen LogP contribution >= 0.6 is 11.8 Å². The van der Waals surface area contributed by atoms with Crippen molar-refractivity contribution in [3.8, 4) is 0 Å². The first-order chi connectivity index (χ1) is 10.9. The number of rotatable bonds is 5. The van der Waals surface area contributed by atoms with Gasteiger partial charge in [-0.2, -0.15) is 13.9 Å².